The fourth-order valence-electron chi connectivity index (χ4n) is 0.729. The van der Waals surface area contributed by atoms with E-state index in [1.54, 1.807) is 51.1 Å². The summed E-state index contributed by atoms with van der Waals surface area (Å²) in [7, 11) is 8.55. The fourth-order valence-corrected chi connectivity index (χ4v) is 9.62. The molecule has 0 aromatic rings. The molecule has 0 fully saturated rings. The molecule has 0 bridgehead atoms. The summed E-state index contributed by atoms with van der Waals surface area (Å²) in [6, 6.07) is 0. The summed E-state index contributed by atoms with van der Waals surface area (Å²) in [5.74, 6) is 1.41. The van der Waals surface area contributed by atoms with Crippen molar-refractivity contribution >= 4 is 62.9 Å². The van der Waals surface area contributed by atoms with Crippen molar-refractivity contribution in [3.05, 3.63) is 0 Å². The van der Waals surface area contributed by atoms with Crippen LogP contribution >= 0.6 is 51.1 Å². The average Bonchev–Trinajstić information content (AvgIpc) is 2.25. The van der Waals surface area contributed by atoms with Crippen molar-refractivity contribution in [3.8, 4) is 0 Å². The molecule has 0 aliphatic carbocycles. The first-order valence-corrected chi connectivity index (χ1v) is 11.4. The van der Waals surface area contributed by atoms with Crippen LogP contribution in [0.2, 0.25) is 0 Å². The Bertz CT molecular complexity index is 208. The summed E-state index contributed by atoms with van der Waals surface area (Å²) in [6.45, 7) is 0. The van der Waals surface area contributed by atoms with Crippen LogP contribution in [0, 0.1) is 0 Å². The number of hydrogen-bond acceptors (Lipinski definition) is 7. The molecule has 0 saturated carbocycles. The van der Waals surface area contributed by atoms with Gasteiger partial charge in [0.25, 0.3) is 0 Å². The van der Waals surface area contributed by atoms with Crippen molar-refractivity contribution < 1.29 is 9.59 Å². The van der Waals surface area contributed by atoms with Gasteiger partial charge in [0, 0.05) is 24.3 Å². The second-order valence-electron chi connectivity index (χ2n) is 2.99. The topological polar surface area (TPSA) is 86.2 Å². The van der Waals surface area contributed by atoms with Gasteiger partial charge in [-0.2, -0.15) is 0 Å². The molecule has 100 valence electrons. The molecule has 0 spiro atoms. The van der Waals surface area contributed by atoms with Crippen molar-refractivity contribution in [1.82, 2.24) is 0 Å². The molecule has 4 nitrogen and oxygen atoms in total. The highest BCUT2D eigenvalue weighted by Gasteiger charge is 1.98. The molecule has 2 amide bonds. The van der Waals surface area contributed by atoms with E-state index in [-0.39, 0.29) is 11.8 Å². The third-order valence-corrected chi connectivity index (χ3v) is 10.3. The maximum atomic E-state index is 10.4. The third-order valence-electron chi connectivity index (χ3n) is 1.45. The first-order chi connectivity index (χ1) is 8.13. The van der Waals surface area contributed by atoms with Gasteiger partial charge in [0.05, 0.1) is 0 Å². The Hall–Kier alpha value is 0.690. The van der Waals surface area contributed by atoms with Gasteiger partial charge in [-0.1, -0.05) is 21.6 Å². The monoisotopic (exact) mass is 332 g/mol. The average molecular weight is 333 g/mol. The largest absolute Gasteiger partial charge is 0.370 e. The van der Waals surface area contributed by atoms with Gasteiger partial charge in [-0.25, -0.2) is 0 Å². The van der Waals surface area contributed by atoms with Crippen LogP contribution in [0.5, 0.6) is 0 Å². The quantitative estimate of drug-likeness (QED) is 0.420. The summed E-state index contributed by atoms with van der Waals surface area (Å²) >= 11 is 0. The molecule has 0 unspecified atom stereocenters. The predicted octanol–water partition coefficient (Wildman–Crippen LogP) is 2.84. The summed E-state index contributed by atoms with van der Waals surface area (Å²) in [5.41, 5.74) is 10.0. The lowest BCUT2D eigenvalue weighted by Crippen LogP contribution is -2.09. The normalized spacial score (nSPS) is 10.4. The van der Waals surface area contributed by atoms with E-state index in [4.69, 9.17) is 11.5 Å². The van der Waals surface area contributed by atoms with Gasteiger partial charge in [0.1, 0.15) is 0 Å². The zero-order valence-corrected chi connectivity index (χ0v) is 13.3. The molecule has 0 aliphatic rings. The zero-order valence-electron chi connectivity index (χ0n) is 9.26. The smallest absolute Gasteiger partial charge is 0.217 e. The number of amides is 2. The fraction of sp³-hybridized carbons (Fsp3) is 0.750. The third kappa shape index (κ3) is 16.7. The molecule has 0 aliphatic heterocycles. The zero-order chi connectivity index (χ0) is 12.9. The van der Waals surface area contributed by atoms with Crippen LogP contribution in [0.25, 0.3) is 0 Å². The maximum absolute atomic E-state index is 10.4. The maximum Gasteiger partial charge on any atom is 0.217 e. The van der Waals surface area contributed by atoms with Crippen molar-refractivity contribution in [2.24, 2.45) is 11.5 Å². The highest BCUT2D eigenvalue weighted by molar-refractivity contribution is 9.35. The van der Waals surface area contributed by atoms with Crippen molar-refractivity contribution in [2.75, 3.05) is 11.5 Å². The molecule has 0 atom stereocenters. The number of carbonyl (C=O) groups is 2. The SMILES string of the molecule is NC(=O)CCCSSSSSCCCC(N)=O. The van der Waals surface area contributed by atoms with Gasteiger partial charge in [-0.3, -0.25) is 9.59 Å². The summed E-state index contributed by atoms with van der Waals surface area (Å²) in [4.78, 5) is 20.9. The van der Waals surface area contributed by atoms with Crippen LogP contribution in [-0.2, 0) is 9.59 Å². The lowest BCUT2D eigenvalue weighted by atomic mass is 10.3. The van der Waals surface area contributed by atoms with Crippen LogP contribution in [0.15, 0.2) is 0 Å². The van der Waals surface area contributed by atoms with E-state index in [2.05, 4.69) is 0 Å². The van der Waals surface area contributed by atoms with Crippen LogP contribution in [-0.4, -0.2) is 23.3 Å². The van der Waals surface area contributed by atoms with Gasteiger partial charge in [0.15, 0.2) is 0 Å². The Labute approximate surface area is 121 Å². The minimum atomic E-state index is -0.234. The van der Waals surface area contributed by atoms with E-state index in [1.165, 1.54) is 0 Å². The molecule has 17 heavy (non-hydrogen) atoms. The van der Waals surface area contributed by atoms with Gasteiger partial charge in [-0.15, -0.1) is 0 Å². The van der Waals surface area contributed by atoms with E-state index in [9.17, 15) is 9.59 Å². The van der Waals surface area contributed by atoms with Crippen LogP contribution in [0.4, 0.5) is 0 Å². The van der Waals surface area contributed by atoms with Crippen molar-refractivity contribution in [1.29, 1.82) is 0 Å². The molecular weight excluding hydrogens is 316 g/mol. The number of nitrogens with two attached hydrogens (primary N) is 2. The number of rotatable bonds is 12. The Morgan fingerprint density at radius 3 is 1.53 bits per heavy atom. The molecular formula is C8H16N2O2S5. The predicted molar refractivity (Wildman–Crippen MR) is 84.5 cm³/mol. The van der Waals surface area contributed by atoms with Gasteiger partial charge in [-0.05, 0) is 42.3 Å². The molecule has 9 heteroatoms. The second kappa shape index (κ2) is 13.1. The van der Waals surface area contributed by atoms with E-state index in [0.717, 1.165) is 24.3 Å². The first kappa shape index (κ1) is 17.7. The Morgan fingerprint density at radius 1 is 0.765 bits per heavy atom. The Kier molecular flexibility index (Phi) is 13.7. The van der Waals surface area contributed by atoms with E-state index >= 15 is 0 Å². The van der Waals surface area contributed by atoms with Gasteiger partial charge in [0.2, 0.25) is 11.8 Å². The standard InChI is InChI=1S/C8H16N2O2S5/c9-7(11)3-1-5-13-15-17-16-14-6-2-4-8(10)12/h1-6H2,(H2,9,11)(H2,10,12). The molecule has 0 radical (unpaired) electrons. The molecule has 4 N–H and O–H groups in total. The highest BCUT2D eigenvalue weighted by Crippen LogP contribution is 2.48. The van der Waals surface area contributed by atoms with Crippen molar-refractivity contribution in [2.45, 2.75) is 25.7 Å². The first-order valence-electron chi connectivity index (χ1n) is 4.94. The summed E-state index contributed by atoms with van der Waals surface area (Å²) < 4.78 is 0. The van der Waals surface area contributed by atoms with Gasteiger partial charge < -0.3 is 11.5 Å². The minimum Gasteiger partial charge on any atom is -0.370 e. The van der Waals surface area contributed by atoms with Crippen LogP contribution < -0.4 is 11.5 Å². The number of carbonyl (C=O) groups excluding carboxylic acids is 2. The minimum absolute atomic E-state index is 0.234. The lowest BCUT2D eigenvalue weighted by Gasteiger charge is -1.99. The highest BCUT2D eigenvalue weighted by atomic mass is 33.8. The molecule has 0 rings (SSSR count). The van der Waals surface area contributed by atoms with E-state index < -0.39 is 0 Å². The van der Waals surface area contributed by atoms with E-state index in [1.807, 2.05) is 0 Å². The Morgan fingerprint density at radius 2 is 1.18 bits per heavy atom. The Balaban J connectivity index is 2.98. The van der Waals surface area contributed by atoms with Gasteiger partial charge >= 0.3 is 0 Å². The lowest BCUT2D eigenvalue weighted by molar-refractivity contribution is -0.118. The van der Waals surface area contributed by atoms with E-state index in [0.29, 0.717) is 12.8 Å². The van der Waals surface area contributed by atoms with Crippen molar-refractivity contribution in [3.63, 3.8) is 0 Å². The summed E-state index contributed by atoms with van der Waals surface area (Å²) in [5, 5.41) is 0. The summed E-state index contributed by atoms with van der Waals surface area (Å²) in [6.07, 6.45) is 2.61. The number of primary amides is 2. The van der Waals surface area contributed by atoms with Crippen LogP contribution in [0.1, 0.15) is 25.7 Å². The second-order valence-corrected chi connectivity index (χ2v) is 11.0. The molecule has 0 saturated heterocycles. The number of hydrogen-bond donors (Lipinski definition) is 2. The molecule has 0 aromatic carbocycles. The van der Waals surface area contributed by atoms with Crippen LogP contribution in [0.3, 0.4) is 0 Å². The molecule has 0 aromatic heterocycles. The molecule has 0 heterocycles.